The summed E-state index contributed by atoms with van der Waals surface area (Å²) >= 11 is 6.01. The quantitative estimate of drug-likeness (QED) is 0.878. The van der Waals surface area contributed by atoms with Crippen molar-refractivity contribution in [3.05, 3.63) is 58.9 Å². The second kappa shape index (κ2) is 6.01. The zero-order valence-electron chi connectivity index (χ0n) is 11.3. The van der Waals surface area contributed by atoms with Gasteiger partial charge in [-0.05, 0) is 29.8 Å². The molecule has 2 rings (SSSR count). The molecular formula is C14H14ClFN2O2S. The molecule has 0 atom stereocenters. The lowest BCUT2D eigenvalue weighted by Crippen LogP contribution is -2.27. The van der Waals surface area contributed by atoms with E-state index in [2.05, 4.69) is 0 Å². The van der Waals surface area contributed by atoms with E-state index < -0.39 is 15.8 Å². The van der Waals surface area contributed by atoms with E-state index in [0.29, 0.717) is 10.6 Å². The molecule has 2 aromatic carbocycles. The maximum Gasteiger partial charge on any atom is 0.245 e. The summed E-state index contributed by atoms with van der Waals surface area (Å²) in [5.74, 6) is -0.658. The third-order valence-electron chi connectivity index (χ3n) is 3.01. The predicted octanol–water partition coefficient (Wildman–Crippen LogP) is 2.88. The van der Waals surface area contributed by atoms with Crippen LogP contribution in [0.3, 0.4) is 0 Å². The Morgan fingerprint density at radius 2 is 1.90 bits per heavy atom. The number of halogens is 2. The number of rotatable bonds is 4. The van der Waals surface area contributed by atoms with Gasteiger partial charge in [-0.3, -0.25) is 0 Å². The monoisotopic (exact) mass is 328 g/mol. The third-order valence-corrected chi connectivity index (χ3v) is 5.24. The summed E-state index contributed by atoms with van der Waals surface area (Å²) < 4.78 is 39.3. The summed E-state index contributed by atoms with van der Waals surface area (Å²) in [6.45, 7) is 0.0674. The molecule has 0 aliphatic rings. The van der Waals surface area contributed by atoms with E-state index in [4.69, 9.17) is 17.3 Å². The molecule has 2 N–H and O–H groups in total. The van der Waals surface area contributed by atoms with Gasteiger partial charge >= 0.3 is 0 Å². The highest BCUT2D eigenvalue weighted by atomic mass is 35.5. The van der Waals surface area contributed by atoms with Crippen molar-refractivity contribution >= 4 is 27.3 Å². The fourth-order valence-electron chi connectivity index (χ4n) is 1.85. The predicted molar refractivity (Wildman–Crippen MR) is 80.9 cm³/mol. The van der Waals surface area contributed by atoms with Gasteiger partial charge in [0.25, 0.3) is 0 Å². The van der Waals surface area contributed by atoms with E-state index >= 15 is 0 Å². The highest BCUT2D eigenvalue weighted by Crippen LogP contribution is 2.25. The lowest BCUT2D eigenvalue weighted by molar-refractivity contribution is 0.466. The summed E-state index contributed by atoms with van der Waals surface area (Å²) in [6, 6.07) is 10.2. The lowest BCUT2D eigenvalue weighted by atomic mass is 10.2. The Hall–Kier alpha value is -1.63. The minimum Gasteiger partial charge on any atom is -0.398 e. The number of nitrogens with zero attached hydrogens (tertiary/aromatic N) is 1. The van der Waals surface area contributed by atoms with Crippen molar-refractivity contribution < 1.29 is 12.8 Å². The van der Waals surface area contributed by atoms with Crippen LogP contribution in [0.4, 0.5) is 10.1 Å². The molecule has 0 heterocycles. The van der Waals surface area contributed by atoms with Gasteiger partial charge in [-0.2, -0.15) is 4.31 Å². The van der Waals surface area contributed by atoms with Crippen molar-refractivity contribution in [2.24, 2.45) is 0 Å². The Morgan fingerprint density at radius 3 is 2.57 bits per heavy atom. The average Bonchev–Trinajstić information content (AvgIpc) is 2.43. The van der Waals surface area contributed by atoms with E-state index in [0.717, 1.165) is 16.4 Å². The van der Waals surface area contributed by atoms with Gasteiger partial charge in [-0.15, -0.1) is 0 Å². The molecule has 0 unspecified atom stereocenters. The number of sulfonamides is 1. The lowest BCUT2D eigenvalue weighted by Gasteiger charge is -2.19. The summed E-state index contributed by atoms with van der Waals surface area (Å²) in [7, 11) is -2.51. The SMILES string of the molecule is CN(Cc1ccccc1Cl)S(=O)(=O)c1cc(F)ccc1N. The normalized spacial score (nSPS) is 11.8. The van der Waals surface area contributed by atoms with Crippen molar-refractivity contribution in [1.29, 1.82) is 0 Å². The van der Waals surface area contributed by atoms with Crippen molar-refractivity contribution in [2.45, 2.75) is 11.4 Å². The molecule has 0 aliphatic carbocycles. The molecule has 21 heavy (non-hydrogen) atoms. The Labute approximate surface area is 128 Å². The van der Waals surface area contributed by atoms with Crippen LogP contribution in [0.2, 0.25) is 5.02 Å². The number of anilines is 1. The van der Waals surface area contributed by atoms with E-state index in [-0.39, 0.29) is 17.1 Å². The van der Waals surface area contributed by atoms with E-state index in [1.807, 2.05) is 0 Å². The smallest absolute Gasteiger partial charge is 0.245 e. The molecule has 0 saturated heterocycles. The molecule has 0 radical (unpaired) electrons. The second-order valence-electron chi connectivity index (χ2n) is 4.53. The fourth-order valence-corrected chi connectivity index (χ4v) is 3.32. The zero-order valence-corrected chi connectivity index (χ0v) is 12.8. The van der Waals surface area contributed by atoms with Crippen LogP contribution in [0.15, 0.2) is 47.4 Å². The zero-order chi connectivity index (χ0) is 15.6. The Morgan fingerprint density at radius 1 is 1.24 bits per heavy atom. The van der Waals surface area contributed by atoms with Gasteiger partial charge in [-0.25, -0.2) is 12.8 Å². The molecule has 0 aliphatic heterocycles. The molecule has 7 heteroatoms. The van der Waals surface area contributed by atoms with Crippen molar-refractivity contribution in [3.8, 4) is 0 Å². The second-order valence-corrected chi connectivity index (χ2v) is 6.96. The minimum atomic E-state index is -3.90. The molecule has 2 aromatic rings. The minimum absolute atomic E-state index is 0.00223. The largest absolute Gasteiger partial charge is 0.398 e. The molecule has 0 spiro atoms. The van der Waals surface area contributed by atoms with Crippen LogP contribution in [-0.4, -0.2) is 19.8 Å². The molecule has 0 fully saturated rings. The van der Waals surface area contributed by atoms with Gasteiger partial charge in [0.05, 0.1) is 5.69 Å². The van der Waals surface area contributed by atoms with Gasteiger partial charge in [0.15, 0.2) is 0 Å². The van der Waals surface area contributed by atoms with Crippen molar-refractivity contribution in [1.82, 2.24) is 4.31 Å². The van der Waals surface area contributed by atoms with Crippen LogP contribution in [-0.2, 0) is 16.6 Å². The van der Waals surface area contributed by atoms with Crippen molar-refractivity contribution in [2.75, 3.05) is 12.8 Å². The molecule has 112 valence electrons. The number of nitrogen functional groups attached to an aromatic ring is 1. The standard InChI is InChI=1S/C14H14ClFN2O2S/c1-18(9-10-4-2-3-5-12(10)15)21(19,20)14-8-11(16)6-7-13(14)17/h2-8H,9,17H2,1H3. The molecule has 4 nitrogen and oxygen atoms in total. The van der Waals surface area contributed by atoms with E-state index in [1.54, 1.807) is 24.3 Å². The maximum atomic E-state index is 13.3. The van der Waals surface area contributed by atoms with Crippen molar-refractivity contribution in [3.63, 3.8) is 0 Å². The first-order chi connectivity index (χ1) is 9.82. The fraction of sp³-hybridized carbons (Fsp3) is 0.143. The number of hydrogen-bond acceptors (Lipinski definition) is 3. The Balaban J connectivity index is 2.35. The van der Waals surface area contributed by atoms with Gasteiger partial charge in [0.1, 0.15) is 10.7 Å². The van der Waals surface area contributed by atoms with Gasteiger partial charge in [-0.1, -0.05) is 29.8 Å². The van der Waals surface area contributed by atoms with Crippen LogP contribution in [0.5, 0.6) is 0 Å². The van der Waals surface area contributed by atoms with E-state index in [9.17, 15) is 12.8 Å². The van der Waals surface area contributed by atoms with Crippen LogP contribution in [0.1, 0.15) is 5.56 Å². The first kappa shape index (κ1) is 15.8. The van der Waals surface area contributed by atoms with Crippen LogP contribution in [0.25, 0.3) is 0 Å². The van der Waals surface area contributed by atoms with Gasteiger partial charge in [0.2, 0.25) is 10.0 Å². The molecule has 0 amide bonds. The topological polar surface area (TPSA) is 63.4 Å². The summed E-state index contributed by atoms with van der Waals surface area (Å²) in [5.41, 5.74) is 6.29. The molecular weight excluding hydrogens is 315 g/mol. The average molecular weight is 329 g/mol. The third kappa shape index (κ3) is 3.34. The Kier molecular flexibility index (Phi) is 4.51. The van der Waals surface area contributed by atoms with Crippen LogP contribution >= 0.6 is 11.6 Å². The number of benzene rings is 2. The number of hydrogen-bond donors (Lipinski definition) is 1. The molecule has 0 saturated carbocycles. The molecule has 0 bridgehead atoms. The summed E-state index contributed by atoms with van der Waals surface area (Å²) in [5, 5.41) is 0.465. The number of nitrogens with two attached hydrogens (primary N) is 1. The molecule has 0 aromatic heterocycles. The Bertz CT molecular complexity index is 765. The highest BCUT2D eigenvalue weighted by Gasteiger charge is 2.24. The maximum absolute atomic E-state index is 13.3. The van der Waals surface area contributed by atoms with E-state index in [1.165, 1.54) is 13.1 Å². The highest BCUT2D eigenvalue weighted by molar-refractivity contribution is 7.89. The van der Waals surface area contributed by atoms with Gasteiger partial charge in [0, 0.05) is 18.6 Å². The first-order valence-corrected chi connectivity index (χ1v) is 7.89. The summed E-state index contributed by atoms with van der Waals surface area (Å²) in [6.07, 6.45) is 0. The van der Waals surface area contributed by atoms with Crippen LogP contribution in [0, 0.1) is 5.82 Å². The van der Waals surface area contributed by atoms with Gasteiger partial charge < -0.3 is 5.73 Å². The first-order valence-electron chi connectivity index (χ1n) is 6.07. The van der Waals surface area contributed by atoms with Crippen LogP contribution < -0.4 is 5.73 Å². The summed E-state index contributed by atoms with van der Waals surface area (Å²) in [4.78, 5) is -0.253.